The molecule has 128 valence electrons. The molecule has 0 aromatic carbocycles. The van der Waals surface area contributed by atoms with E-state index in [0.29, 0.717) is 22.3 Å². The second kappa shape index (κ2) is 8.25. The van der Waals surface area contributed by atoms with Gasteiger partial charge in [0.25, 0.3) is 0 Å². The molecule has 2 rings (SSSR count). The maximum Gasteiger partial charge on any atom is 0.341 e. The molecule has 0 atom stereocenters. The fourth-order valence-corrected chi connectivity index (χ4v) is 3.69. The fraction of sp³-hybridized carbons (Fsp3) is 0.375. The van der Waals surface area contributed by atoms with Crippen molar-refractivity contribution in [3.05, 3.63) is 34.0 Å². The van der Waals surface area contributed by atoms with Crippen molar-refractivity contribution >= 4 is 40.0 Å². The van der Waals surface area contributed by atoms with E-state index in [-0.39, 0.29) is 11.7 Å². The summed E-state index contributed by atoms with van der Waals surface area (Å²) in [4.78, 5) is 33.6. The Morgan fingerprint density at radius 1 is 1.33 bits per heavy atom. The molecule has 0 spiro atoms. The van der Waals surface area contributed by atoms with Gasteiger partial charge in [-0.3, -0.25) is 4.79 Å². The van der Waals surface area contributed by atoms with E-state index in [9.17, 15) is 9.59 Å². The van der Waals surface area contributed by atoms with Gasteiger partial charge in [0.05, 0.1) is 17.9 Å². The quantitative estimate of drug-likeness (QED) is 0.480. The average Bonchev–Trinajstić information content (AvgIpc) is 2.80. The second-order valence-electron chi connectivity index (χ2n) is 5.03. The van der Waals surface area contributed by atoms with Crippen LogP contribution in [-0.4, -0.2) is 34.2 Å². The number of carbonyl (C=O) groups is 2. The fourth-order valence-electron chi connectivity index (χ4n) is 1.95. The number of rotatable bonds is 6. The van der Waals surface area contributed by atoms with Gasteiger partial charge in [-0.25, -0.2) is 14.8 Å². The summed E-state index contributed by atoms with van der Waals surface area (Å²) in [6.45, 7) is 7.68. The van der Waals surface area contributed by atoms with Crippen molar-refractivity contribution in [1.82, 2.24) is 9.97 Å². The number of hydrogen-bond donors (Lipinski definition) is 1. The molecule has 2 aromatic heterocycles. The highest BCUT2D eigenvalue weighted by atomic mass is 32.2. The van der Waals surface area contributed by atoms with Crippen molar-refractivity contribution in [3.63, 3.8) is 0 Å². The molecule has 0 unspecified atom stereocenters. The molecule has 0 aliphatic heterocycles. The molecule has 2 aromatic rings. The molecular weight excluding hydrogens is 346 g/mol. The number of aromatic nitrogens is 2. The van der Waals surface area contributed by atoms with E-state index in [4.69, 9.17) is 4.74 Å². The Morgan fingerprint density at radius 3 is 2.75 bits per heavy atom. The number of amides is 1. The molecule has 6 nitrogen and oxygen atoms in total. The molecule has 2 heterocycles. The van der Waals surface area contributed by atoms with E-state index >= 15 is 0 Å². The maximum atomic E-state index is 12.2. The Hall–Kier alpha value is -1.93. The molecule has 0 fully saturated rings. The molecule has 0 bridgehead atoms. The summed E-state index contributed by atoms with van der Waals surface area (Å²) in [6.07, 6.45) is 1.66. The van der Waals surface area contributed by atoms with E-state index in [2.05, 4.69) is 15.3 Å². The zero-order chi connectivity index (χ0) is 17.7. The summed E-state index contributed by atoms with van der Waals surface area (Å²) in [7, 11) is 0. The van der Waals surface area contributed by atoms with Gasteiger partial charge in [0.2, 0.25) is 5.91 Å². The van der Waals surface area contributed by atoms with Crippen LogP contribution in [0.3, 0.4) is 0 Å². The van der Waals surface area contributed by atoms with Crippen molar-refractivity contribution in [2.24, 2.45) is 0 Å². The summed E-state index contributed by atoms with van der Waals surface area (Å²) in [6, 6.07) is 1.80. The summed E-state index contributed by atoms with van der Waals surface area (Å²) in [5.41, 5.74) is 2.12. The molecule has 8 heteroatoms. The molecule has 0 saturated heterocycles. The molecule has 0 saturated carbocycles. The number of anilines is 1. The van der Waals surface area contributed by atoms with Crippen molar-refractivity contribution in [2.45, 2.75) is 32.9 Å². The number of hydrogen-bond acceptors (Lipinski definition) is 7. The topological polar surface area (TPSA) is 81.2 Å². The first-order valence-corrected chi connectivity index (χ1v) is 9.22. The van der Waals surface area contributed by atoms with Gasteiger partial charge >= 0.3 is 5.97 Å². The molecule has 0 aliphatic rings. The first kappa shape index (κ1) is 18.4. The standard InChI is InChI=1S/C16H19N3O3S2/c1-5-22-15(21)13-10(3)11(4)24-14(13)19-12(20)8-23-16-17-7-6-9(2)18-16/h6-7H,5,8H2,1-4H3,(H,19,20). The third kappa shape index (κ3) is 4.55. The predicted molar refractivity (Wildman–Crippen MR) is 95.9 cm³/mol. The highest BCUT2D eigenvalue weighted by Crippen LogP contribution is 2.33. The van der Waals surface area contributed by atoms with Crippen LogP contribution in [0.1, 0.15) is 33.4 Å². The lowest BCUT2D eigenvalue weighted by Crippen LogP contribution is -2.16. The Kier molecular flexibility index (Phi) is 6.33. The van der Waals surface area contributed by atoms with Gasteiger partial charge in [-0.1, -0.05) is 11.8 Å². The first-order chi connectivity index (χ1) is 11.4. The van der Waals surface area contributed by atoms with E-state index < -0.39 is 5.97 Å². The van der Waals surface area contributed by atoms with Gasteiger partial charge in [-0.05, 0) is 39.3 Å². The van der Waals surface area contributed by atoms with Crippen LogP contribution in [0.4, 0.5) is 5.00 Å². The minimum absolute atomic E-state index is 0.168. The van der Waals surface area contributed by atoms with E-state index in [1.807, 2.05) is 20.8 Å². The lowest BCUT2D eigenvalue weighted by Gasteiger charge is -2.07. The number of nitrogens with one attached hydrogen (secondary N) is 1. The Morgan fingerprint density at radius 2 is 2.08 bits per heavy atom. The summed E-state index contributed by atoms with van der Waals surface area (Å²) in [5.74, 6) is -0.455. The van der Waals surface area contributed by atoms with Gasteiger partial charge < -0.3 is 10.1 Å². The third-order valence-corrected chi connectivity index (χ3v) is 5.21. The maximum absolute atomic E-state index is 12.2. The average molecular weight is 365 g/mol. The zero-order valence-electron chi connectivity index (χ0n) is 14.0. The van der Waals surface area contributed by atoms with Crippen molar-refractivity contribution in [2.75, 3.05) is 17.7 Å². The van der Waals surface area contributed by atoms with Crippen LogP contribution < -0.4 is 5.32 Å². The van der Waals surface area contributed by atoms with Gasteiger partial charge in [0, 0.05) is 16.8 Å². The first-order valence-electron chi connectivity index (χ1n) is 7.41. The number of ether oxygens (including phenoxy) is 1. The second-order valence-corrected chi connectivity index (χ2v) is 7.19. The van der Waals surface area contributed by atoms with E-state index in [1.165, 1.54) is 23.1 Å². The zero-order valence-corrected chi connectivity index (χ0v) is 15.6. The van der Waals surface area contributed by atoms with Gasteiger partial charge in [-0.2, -0.15) is 0 Å². The molecular formula is C16H19N3O3S2. The van der Waals surface area contributed by atoms with Gasteiger partial charge in [0.15, 0.2) is 5.16 Å². The monoisotopic (exact) mass is 365 g/mol. The smallest absolute Gasteiger partial charge is 0.341 e. The Labute approximate surface area is 149 Å². The largest absolute Gasteiger partial charge is 0.462 e. The Balaban J connectivity index is 2.06. The molecule has 0 aliphatic carbocycles. The summed E-state index contributed by atoms with van der Waals surface area (Å²) in [5, 5.41) is 3.88. The van der Waals surface area contributed by atoms with Crippen LogP contribution in [0, 0.1) is 20.8 Å². The van der Waals surface area contributed by atoms with Crippen LogP contribution in [-0.2, 0) is 9.53 Å². The number of aryl methyl sites for hydroxylation is 2. The van der Waals surface area contributed by atoms with Gasteiger partial charge in [-0.15, -0.1) is 11.3 Å². The number of carbonyl (C=O) groups excluding carboxylic acids is 2. The van der Waals surface area contributed by atoms with Crippen LogP contribution >= 0.6 is 23.1 Å². The van der Waals surface area contributed by atoms with Crippen molar-refractivity contribution < 1.29 is 14.3 Å². The number of esters is 1. The normalized spacial score (nSPS) is 10.5. The summed E-state index contributed by atoms with van der Waals surface area (Å²) >= 11 is 2.63. The van der Waals surface area contributed by atoms with E-state index in [1.54, 1.807) is 19.2 Å². The molecule has 24 heavy (non-hydrogen) atoms. The minimum Gasteiger partial charge on any atom is -0.462 e. The van der Waals surface area contributed by atoms with Crippen molar-refractivity contribution in [1.29, 1.82) is 0 Å². The SMILES string of the molecule is CCOC(=O)c1c(NC(=O)CSc2nccc(C)n2)sc(C)c1C. The molecule has 0 radical (unpaired) electrons. The van der Waals surface area contributed by atoms with Crippen LogP contribution in [0.15, 0.2) is 17.4 Å². The number of thiophene rings is 1. The highest BCUT2D eigenvalue weighted by molar-refractivity contribution is 7.99. The third-order valence-electron chi connectivity index (χ3n) is 3.22. The van der Waals surface area contributed by atoms with Crippen molar-refractivity contribution in [3.8, 4) is 0 Å². The highest BCUT2D eigenvalue weighted by Gasteiger charge is 2.22. The predicted octanol–water partition coefficient (Wildman–Crippen LogP) is 3.37. The molecule has 1 N–H and O–H groups in total. The van der Waals surface area contributed by atoms with E-state index in [0.717, 1.165) is 16.1 Å². The summed E-state index contributed by atoms with van der Waals surface area (Å²) < 4.78 is 5.08. The molecule has 1 amide bonds. The Bertz CT molecular complexity index is 759. The minimum atomic E-state index is -0.413. The van der Waals surface area contributed by atoms with Crippen LogP contribution in [0.5, 0.6) is 0 Å². The lowest BCUT2D eigenvalue weighted by molar-refractivity contribution is -0.113. The number of thioether (sulfide) groups is 1. The van der Waals surface area contributed by atoms with Crippen LogP contribution in [0.25, 0.3) is 0 Å². The van der Waals surface area contributed by atoms with Crippen LogP contribution in [0.2, 0.25) is 0 Å². The lowest BCUT2D eigenvalue weighted by atomic mass is 10.1. The number of nitrogens with zero attached hydrogens (tertiary/aromatic N) is 2. The van der Waals surface area contributed by atoms with Gasteiger partial charge in [0.1, 0.15) is 5.00 Å².